The molecule has 1 aliphatic heterocycles. The van der Waals surface area contributed by atoms with Crippen molar-refractivity contribution in [2.45, 2.75) is 45.6 Å². The average molecular weight is 465 g/mol. The van der Waals surface area contributed by atoms with Crippen molar-refractivity contribution in [1.29, 1.82) is 0 Å². The predicted molar refractivity (Wildman–Crippen MR) is 128 cm³/mol. The number of nitrogens with one attached hydrogen (secondary N) is 1. The SMILES string of the molecule is CC(C)C(NC(=O)OCC1c2ccccc2-c2ccccc21)C(=O)N1CCCC(C)(C(=O)O)C1. The molecule has 0 bridgehead atoms. The molecule has 1 heterocycles. The molecule has 34 heavy (non-hydrogen) atoms. The second kappa shape index (κ2) is 9.49. The molecule has 0 spiro atoms. The number of nitrogens with zero attached hydrogens (tertiary/aromatic N) is 1. The molecule has 2 unspecified atom stereocenters. The Kier molecular flexibility index (Phi) is 6.64. The number of likely N-dealkylation sites (tertiary alicyclic amines) is 1. The van der Waals surface area contributed by atoms with Crippen molar-refractivity contribution in [3.63, 3.8) is 0 Å². The van der Waals surface area contributed by atoms with Crippen LogP contribution in [0, 0.1) is 11.3 Å². The molecule has 2 amide bonds. The number of ether oxygens (including phenoxy) is 1. The molecule has 2 atom stereocenters. The zero-order valence-electron chi connectivity index (χ0n) is 19.9. The van der Waals surface area contributed by atoms with Gasteiger partial charge in [-0.05, 0) is 47.9 Å². The van der Waals surface area contributed by atoms with E-state index in [2.05, 4.69) is 29.6 Å². The van der Waals surface area contributed by atoms with Crippen molar-refractivity contribution < 1.29 is 24.2 Å². The average Bonchev–Trinajstić information content (AvgIpc) is 3.14. The van der Waals surface area contributed by atoms with E-state index in [1.54, 1.807) is 11.8 Å². The molecule has 180 valence electrons. The third-order valence-electron chi connectivity index (χ3n) is 7.07. The van der Waals surface area contributed by atoms with Crippen LogP contribution in [0.4, 0.5) is 4.79 Å². The number of rotatable bonds is 6. The fraction of sp³-hybridized carbons (Fsp3) is 0.444. The smallest absolute Gasteiger partial charge is 0.407 e. The van der Waals surface area contributed by atoms with Gasteiger partial charge in [0.05, 0.1) is 5.41 Å². The molecule has 1 fully saturated rings. The molecule has 4 rings (SSSR count). The first kappa shape index (κ1) is 23.8. The van der Waals surface area contributed by atoms with Crippen molar-refractivity contribution in [3.05, 3.63) is 59.7 Å². The Morgan fingerprint density at radius 3 is 2.24 bits per heavy atom. The van der Waals surface area contributed by atoms with Crippen molar-refractivity contribution in [3.8, 4) is 11.1 Å². The minimum Gasteiger partial charge on any atom is -0.481 e. The largest absolute Gasteiger partial charge is 0.481 e. The molecule has 2 N–H and O–H groups in total. The van der Waals surface area contributed by atoms with E-state index in [0.717, 1.165) is 22.3 Å². The van der Waals surface area contributed by atoms with Gasteiger partial charge in [0.1, 0.15) is 12.6 Å². The third kappa shape index (κ3) is 4.52. The van der Waals surface area contributed by atoms with E-state index < -0.39 is 23.5 Å². The fourth-order valence-corrected chi connectivity index (χ4v) is 5.08. The number of carbonyl (C=O) groups is 3. The van der Waals surface area contributed by atoms with Crippen LogP contribution in [-0.2, 0) is 14.3 Å². The highest BCUT2D eigenvalue weighted by Crippen LogP contribution is 2.44. The van der Waals surface area contributed by atoms with E-state index >= 15 is 0 Å². The summed E-state index contributed by atoms with van der Waals surface area (Å²) in [5.74, 6) is -1.41. The summed E-state index contributed by atoms with van der Waals surface area (Å²) in [5, 5.41) is 12.3. The number of carboxylic acid groups (broad SMARTS) is 1. The van der Waals surface area contributed by atoms with Crippen LogP contribution in [0.5, 0.6) is 0 Å². The lowest BCUT2D eigenvalue weighted by atomic mass is 9.81. The lowest BCUT2D eigenvalue weighted by molar-refractivity contribution is -0.154. The molecule has 7 nitrogen and oxygen atoms in total. The van der Waals surface area contributed by atoms with Crippen LogP contribution >= 0.6 is 0 Å². The number of benzene rings is 2. The van der Waals surface area contributed by atoms with Crippen molar-refractivity contribution >= 4 is 18.0 Å². The standard InChI is InChI=1S/C27H32N2O5/c1-17(2)23(24(30)29-14-8-13-27(3,16-29)25(31)32)28-26(33)34-15-22-20-11-6-4-9-18(20)19-10-5-7-12-21(19)22/h4-7,9-12,17,22-23H,8,13-16H2,1-3H3,(H,28,33)(H,31,32). The monoisotopic (exact) mass is 464 g/mol. The summed E-state index contributed by atoms with van der Waals surface area (Å²) in [7, 11) is 0. The van der Waals surface area contributed by atoms with Gasteiger partial charge in [0.2, 0.25) is 5.91 Å². The van der Waals surface area contributed by atoms with Crippen molar-refractivity contribution in [2.75, 3.05) is 19.7 Å². The molecule has 1 aliphatic carbocycles. The zero-order valence-corrected chi connectivity index (χ0v) is 19.9. The Bertz CT molecular complexity index is 1050. The highest BCUT2D eigenvalue weighted by molar-refractivity contribution is 5.87. The van der Waals surface area contributed by atoms with Gasteiger partial charge < -0.3 is 20.1 Å². The number of carboxylic acids is 1. The topological polar surface area (TPSA) is 95.9 Å². The second-order valence-electron chi connectivity index (χ2n) is 9.92. The van der Waals surface area contributed by atoms with E-state index in [4.69, 9.17) is 4.74 Å². The Morgan fingerprint density at radius 1 is 1.09 bits per heavy atom. The normalized spacial score (nSPS) is 20.4. The van der Waals surface area contributed by atoms with E-state index in [1.165, 1.54) is 0 Å². The number of piperidine rings is 1. The van der Waals surface area contributed by atoms with Crippen LogP contribution in [-0.4, -0.2) is 53.7 Å². The van der Waals surface area contributed by atoms with E-state index in [-0.39, 0.29) is 30.9 Å². The molecular weight excluding hydrogens is 432 g/mol. The minimum absolute atomic E-state index is 0.0651. The number of hydrogen-bond donors (Lipinski definition) is 2. The van der Waals surface area contributed by atoms with Gasteiger partial charge in [-0.15, -0.1) is 0 Å². The Morgan fingerprint density at radius 2 is 1.68 bits per heavy atom. The van der Waals surface area contributed by atoms with Crippen LogP contribution in [0.1, 0.15) is 50.7 Å². The minimum atomic E-state index is -0.973. The van der Waals surface area contributed by atoms with Crippen LogP contribution in [0.25, 0.3) is 11.1 Å². The van der Waals surface area contributed by atoms with E-state index in [9.17, 15) is 19.5 Å². The highest BCUT2D eigenvalue weighted by atomic mass is 16.5. The van der Waals surface area contributed by atoms with Gasteiger partial charge in [0.25, 0.3) is 0 Å². The Hall–Kier alpha value is -3.35. The molecule has 0 saturated carbocycles. The van der Waals surface area contributed by atoms with Crippen LogP contribution in [0.15, 0.2) is 48.5 Å². The van der Waals surface area contributed by atoms with Crippen molar-refractivity contribution in [1.82, 2.24) is 10.2 Å². The van der Waals surface area contributed by atoms with Gasteiger partial charge in [-0.1, -0.05) is 62.4 Å². The van der Waals surface area contributed by atoms with Gasteiger partial charge in [0.15, 0.2) is 0 Å². The summed E-state index contributed by atoms with van der Waals surface area (Å²) < 4.78 is 5.62. The van der Waals surface area contributed by atoms with Gasteiger partial charge >= 0.3 is 12.1 Å². The van der Waals surface area contributed by atoms with Crippen LogP contribution < -0.4 is 5.32 Å². The first-order chi connectivity index (χ1) is 16.2. The second-order valence-corrected chi connectivity index (χ2v) is 9.92. The number of aliphatic carboxylic acids is 1. The van der Waals surface area contributed by atoms with Crippen LogP contribution in [0.3, 0.4) is 0 Å². The number of fused-ring (bicyclic) bond motifs is 3. The molecule has 2 aromatic rings. The summed E-state index contributed by atoms with van der Waals surface area (Å²) >= 11 is 0. The van der Waals surface area contributed by atoms with Gasteiger partial charge in [-0.3, -0.25) is 9.59 Å². The van der Waals surface area contributed by atoms with Gasteiger partial charge in [-0.25, -0.2) is 4.79 Å². The third-order valence-corrected chi connectivity index (χ3v) is 7.07. The number of carbonyl (C=O) groups excluding carboxylic acids is 2. The summed E-state index contributed by atoms with van der Waals surface area (Å²) in [6.45, 7) is 6.16. The fourth-order valence-electron chi connectivity index (χ4n) is 5.08. The number of hydrogen-bond acceptors (Lipinski definition) is 4. The summed E-state index contributed by atoms with van der Waals surface area (Å²) in [4.78, 5) is 39.2. The highest BCUT2D eigenvalue weighted by Gasteiger charge is 2.41. The lowest BCUT2D eigenvalue weighted by Gasteiger charge is -2.39. The molecule has 2 aromatic carbocycles. The van der Waals surface area contributed by atoms with Gasteiger partial charge in [-0.2, -0.15) is 0 Å². The molecule has 1 saturated heterocycles. The first-order valence-corrected chi connectivity index (χ1v) is 11.8. The molecular formula is C27H32N2O5. The molecule has 0 aromatic heterocycles. The Balaban J connectivity index is 1.42. The van der Waals surface area contributed by atoms with E-state index in [0.29, 0.717) is 19.4 Å². The number of amides is 2. The predicted octanol–water partition coefficient (Wildman–Crippen LogP) is 4.26. The first-order valence-electron chi connectivity index (χ1n) is 11.8. The lowest BCUT2D eigenvalue weighted by Crippen LogP contribution is -2.56. The maximum atomic E-state index is 13.2. The number of alkyl carbamates (subject to hydrolysis) is 1. The Labute approximate surface area is 200 Å². The van der Waals surface area contributed by atoms with E-state index in [1.807, 2.05) is 38.1 Å². The summed E-state index contributed by atoms with van der Waals surface area (Å²) in [6, 6.07) is 15.4. The molecule has 2 aliphatic rings. The summed E-state index contributed by atoms with van der Waals surface area (Å²) in [5.41, 5.74) is 3.56. The maximum Gasteiger partial charge on any atom is 0.407 e. The maximum absolute atomic E-state index is 13.2. The quantitative estimate of drug-likeness (QED) is 0.666. The van der Waals surface area contributed by atoms with Gasteiger partial charge in [0, 0.05) is 19.0 Å². The van der Waals surface area contributed by atoms with Crippen molar-refractivity contribution in [2.24, 2.45) is 11.3 Å². The zero-order chi connectivity index (χ0) is 24.5. The van der Waals surface area contributed by atoms with Crippen LogP contribution in [0.2, 0.25) is 0 Å². The molecule has 0 radical (unpaired) electrons. The summed E-state index contributed by atoms with van der Waals surface area (Å²) in [6.07, 6.45) is 0.495. The molecule has 7 heteroatoms.